The maximum atomic E-state index is 12.9. The number of alkyl halides is 6. The highest BCUT2D eigenvalue weighted by molar-refractivity contribution is 5.95. The number of ether oxygens (including phenoxy) is 2. The number of pyridine rings is 2. The maximum Gasteiger partial charge on any atom is 0.416 e. The molecule has 4 aromatic rings. The second kappa shape index (κ2) is 14.7. The van der Waals surface area contributed by atoms with Crippen LogP contribution < -0.4 is 10.6 Å². The molecule has 10 atom stereocenters. The first-order valence-corrected chi connectivity index (χ1v) is 17.1. The number of carbonyl (C=O) groups is 2. The number of anilines is 2. The number of amides is 2. The molecule has 0 spiro atoms. The van der Waals surface area contributed by atoms with E-state index in [2.05, 4.69) is 20.6 Å². The lowest BCUT2D eigenvalue weighted by Gasteiger charge is -2.30. The molecule has 2 amide bonds. The third-order valence-electron chi connectivity index (χ3n) is 10.4. The van der Waals surface area contributed by atoms with Crippen molar-refractivity contribution >= 4 is 23.2 Å². The van der Waals surface area contributed by atoms with Crippen molar-refractivity contribution in [3.63, 3.8) is 0 Å². The van der Waals surface area contributed by atoms with Crippen molar-refractivity contribution in [3.05, 3.63) is 120 Å². The Morgan fingerprint density at radius 1 is 0.611 bits per heavy atom. The number of carbonyl (C=O) groups excluding carboxylic acids is 2. The molecule has 4 aliphatic heterocycles. The summed E-state index contributed by atoms with van der Waals surface area (Å²) in [4.78, 5) is 33.7. The summed E-state index contributed by atoms with van der Waals surface area (Å²) in [6, 6.07) is 16.1. The zero-order valence-electron chi connectivity index (χ0n) is 28.1. The van der Waals surface area contributed by atoms with Crippen LogP contribution in [0.2, 0.25) is 0 Å². The van der Waals surface area contributed by atoms with E-state index in [9.17, 15) is 46.1 Å². The van der Waals surface area contributed by atoms with Crippen LogP contribution in [0.3, 0.4) is 0 Å². The van der Waals surface area contributed by atoms with E-state index in [1.54, 1.807) is 49.1 Å². The van der Waals surface area contributed by atoms with Crippen LogP contribution in [0, 0.1) is 11.8 Å². The van der Waals surface area contributed by atoms with Crippen LogP contribution in [-0.4, -0.2) is 68.6 Å². The number of aromatic nitrogens is 2. The van der Waals surface area contributed by atoms with Crippen LogP contribution in [0.1, 0.15) is 46.9 Å². The fraction of sp³-hybridized carbons (Fsp3) is 0.368. The van der Waals surface area contributed by atoms with Gasteiger partial charge in [-0.25, -0.2) is 0 Å². The van der Waals surface area contributed by atoms with Gasteiger partial charge >= 0.3 is 12.4 Å². The van der Waals surface area contributed by atoms with Gasteiger partial charge in [0, 0.05) is 60.8 Å². The van der Waals surface area contributed by atoms with Gasteiger partial charge in [-0.3, -0.25) is 19.6 Å². The summed E-state index contributed by atoms with van der Waals surface area (Å²) in [6.07, 6.45) is -5.29. The minimum Gasteiger partial charge on any atom is -0.390 e. The van der Waals surface area contributed by atoms with Gasteiger partial charge in [-0.05, 0) is 71.8 Å². The van der Waals surface area contributed by atoms with Crippen LogP contribution in [0.15, 0.2) is 97.6 Å². The molecular weight excluding hydrogens is 722 g/mol. The Kier molecular flexibility index (Phi) is 10.2. The van der Waals surface area contributed by atoms with Gasteiger partial charge in [0.05, 0.1) is 59.6 Å². The maximum absolute atomic E-state index is 12.9. The number of halogens is 6. The summed E-state index contributed by atoms with van der Waals surface area (Å²) in [7, 11) is 0. The number of rotatable bonds is 6. The van der Waals surface area contributed by atoms with E-state index in [1.807, 2.05) is 0 Å². The smallest absolute Gasteiger partial charge is 0.390 e. The summed E-state index contributed by atoms with van der Waals surface area (Å²) in [5.74, 6) is -2.81. The molecule has 4 bridgehead atoms. The van der Waals surface area contributed by atoms with Gasteiger partial charge in [0.25, 0.3) is 0 Å². The molecule has 284 valence electrons. The lowest BCUT2D eigenvalue weighted by Crippen LogP contribution is -2.41. The van der Waals surface area contributed by atoms with Crippen molar-refractivity contribution in [2.24, 2.45) is 11.8 Å². The predicted octanol–water partition coefficient (Wildman–Crippen LogP) is 5.94. The largest absolute Gasteiger partial charge is 0.416 e. The number of benzene rings is 2. The van der Waals surface area contributed by atoms with Crippen LogP contribution >= 0.6 is 0 Å². The number of fused-ring (bicyclic) bond motifs is 4. The van der Waals surface area contributed by atoms with Gasteiger partial charge in [0.15, 0.2) is 0 Å². The topological polar surface area (TPSA) is 143 Å². The average molecular weight is 757 g/mol. The van der Waals surface area contributed by atoms with E-state index in [1.165, 1.54) is 24.3 Å². The lowest BCUT2D eigenvalue weighted by atomic mass is 9.74. The molecule has 4 saturated heterocycles. The lowest BCUT2D eigenvalue weighted by molar-refractivity contribution is -0.138. The molecule has 0 unspecified atom stereocenters. The van der Waals surface area contributed by atoms with Crippen molar-refractivity contribution in [1.29, 1.82) is 0 Å². The molecule has 4 fully saturated rings. The third kappa shape index (κ3) is 7.56. The molecule has 16 heteroatoms. The van der Waals surface area contributed by atoms with Gasteiger partial charge < -0.3 is 30.3 Å². The summed E-state index contributed by atoms with van der Waals surface area (Å²) in [5, 5.41) is 25.5. The van der Waals surface area contributed by atoms with E-state index in [-0.39, 0.29) is 23.2 Å². The summed E-state index contributed by atoms with van der Waals surface area (Å²) >= 11 is 0. The Bertz CT molecular complexity index is 1830. The van der Waals surface area contributed by atoms with E-state index in [0.29, 0.717) is 12.8 Å². The molecule has 6 heterocycles. The molecular formula is C38H34F6N4O6. The Balaban J connectivity index is 0.000000167. The van der Waals surface area contributed by atoms with Gasteiger partial charge in [-0.1, -0.05) is 12.1 Å². The fourth-order valence-electron chi connectivity index (χ4n) is 8.05. The molecule has 0 aliphatic carbocycles. The fourth-order valence-corrected chi connectivity index (χ4v) is 8.05. The Hall–Kier alpha value is -4.90. The zero-order chi connectivity index (χ0) is 38.4. The first-order valence-electron chi connectivity index (χ1n) is 17.1. The normalized spacial score (nSPS) is 29.7. The molecule has 10 nitrogen and oxygen atoms in total. The quantitative estimate of drug-likeness (QED) is 0.177. The van der Waals surface area contributed by atoms with Crippen molar-refractivity contribution in [1.82, 2.24) is 9.97 Å². The van der Waals surface area contributed by atoms with Crippen LogP contribution in [-0.2, 0) is 31.4 Å². The van der Waals surface area contributed by atoms with Crippen molar-refractivity contribution < 1.29 is 55.6 Å². The number of hydrogen-bond acceptors (Lipinski definition) is 8. The highest BCUT2D eigenvalue weighted by Gasteiger charge is 2.58. The van der Waals surface area contributed by atoms with Crippen molar-refractivity contribution in [3.8, 4) is 0 Å². The highest BCUT2D eigenvalue weighted by atomic mass is 19.4. The van der Waals surface area contributed by atoms with E-state index in [0.717, 1.165) is 35.4 Å². The van der Waals surface area contributed by atoms with Crippen molar-refractivity contribution in [2.75, 3.05) is 10.6 Å². The summed E-state index contributed by atoms with van der Waals surface area (Å²) < 4.78 is 88.9. The van der Waals surface area contributed by atoms with Crippen LogP contribution in [0.25, 0.3) is 0 Å². The monoisotopic (exact) mass is 756 g/mol. The van der Waals surface area contributed by atoms with E-state index < -0.39 is 83.8 Å². The second-order valence-electron chi connectivity index (χ2n) is 13.7. The molecule has 0 saturated carbocycles. The van der Waals surface area contributed by atoms with Gasteiger partial charge in [-0.15, -0.1) is 0 Å². The SMILES string of the molecule is O=C(Nc1cccc(C(F)(F)F)c1)[C@@H]1[C@H](c2ccncc2)[C@@H]2O[C@H]1C[C@H]2O.O=C(Nc1cccc(C(F)(F)F)c1)[C@H]1[C@@H](c2ccncc2)[C@H]2O[C@@H]1C[C@@H]2O. The first-order chi connectivity index (χ1) is 25.7. The van der Waals surface area contributed by atoms with E-state index in [4.69, 9.17) is 9.47 Å². The molecule has 2 aromatic heterocycles. The molecule has 54 heavy (non-hydrogen) atoms. The van der Waals surface area contributed by atoms with Crippen LogP contribution in [0.5, 0.6) is 0 Å². The second-order valence-corrected chi connectivity index (χ2v) is 13.7. The first kappa shape index (κ1) is 37.4. The minimum atomic E-state index is -4.49. The number of aliphatic hydroxyl groups is 2. The van der Waals surface area contributed by atoms with Crippen molar-refractivity contribution in [2.45, 2.75) is 73.7 Å². The molecule has 4 N–H and O–H groups in total. The highest BCUT2D eigenvalue weighted by Crippen LogP contribution is 2.50. The Morgan fingerprint density at radius 2 is 0.981 bits per heavy atom. The molecule has 0 radical (unpaired) electrons. The average Bonchev–Trinajstić information content (AvgIpc) is 3.91. The number of nitrogens with zero attached hydrogens (tertiary/aromatic N) is 2. The predicted molar refractivity (Wildman–Crippen MR) is 180 cm³/mol. The third-order valence-corrected chi connectivity index (χ3v) is 10.4. The summed E-state index contributed by atoms with van der Waals surface area (Å²) in [6.45, 7) is 0. The standard InChI is InChI=1S/2C19H17F3N2O3/c2*20-19(21,22)11-2-1-3-12(8-11)24-18(26)16-14-9-13(25)17(27-14)15(16)10-4-6-23-7-5-10/h2*1-8,13-17,25H,9H2,(H,24,26)/t2*13-,14+,15+,16+,17-/m10/s1. The Morgan fingerprint density at radius 3 is 1.33 bits per heavy atom. The molecule has 2 aromatic carbocycles. The number of hydrogen-bond donors (Lipinski definition) is 4. The minimum absolute atomic E-state index is 0.0756. The molecule has 8 rings (SSSR count). The van der Waals surface area contributed by atoms with Gasteiger partial charge in [0.2, 0.25) is 11.8 Å². The summed E-state index contributed by atoms with van der Waals surface area (Å²) in [5.41, 5.74) is 0.107. The molecule has 4 aliphatic rings. The van der Waals surface area contributed by atoms with Gasteiger partial charge in [-0.2, -0.15) is 26.3 Å². The number of nitrogens with one attached hydrogen (secondary N) is 2. The van der Waals surface area contributed by atoms with Crippen LogP contribution in [0.4, 0.5) is 37.7 Å². The number of aliphatic hydroxyl groups excluding tert-OH is 2. The van der Waals surface area contributed by atoms with E-state index >= 15 is 0 Å². The Labute approximate surface area is 304 Å². The zero-order valence-corrected chi connectivity index (χ0v) is 28.1. The van der Waals surface area contributed by atoms with Gasteiger partial charge in [0.1, 0.15) is 0 Å².